The van der Waals surface area contributed by atoms with Crippen molar-refractivity contribution in [3.05, 3.63) is 89.2 Å². The molecule has 0 amide bonds. The van der Waals surface area contributed by atoms with Crippen LogP contribution in [0.2, 0.25) is 5.02 Å². The largest absolute Gasteiger partial charge is 3.00 e. The summed E-state index contributed by atoms with van der Waals surface area (Å²) in [5.41, 5.74) is 10.7. The SMILES string of the molecule is CC(=NNc1ccccc1)c1cc(Cl)cc(C(C)=NNc2ccccc2)n1.[Cl-].[Cl-].[Cl-].[Fe+3]. The summed E-state index contributed by atoms with van der Waals surface area (Å²) in [6, 6.07) is 23.0. The topological polar surface area (TPSA) is 61.7 Å². The number of para-hydroxylation sites is 2. The van der Waals surface area contributed by atoms with E-state index in [0.717, 1.165) is 22.8 Å². The number of hydrogen-bond acceptors (Lipinski definition) is 5. The molecule has 0 spiro atoms. The third kappa shape index (κ3) is 9.91. The van der Waals surface area contributed by atoms with Crippen LogP contribution in [0, 0.1) is 0 Å². The van der Waals surface area contributed by atoms with Crippen molar-refractivity contribution in [3.8, 4) is 0 Å². The van der Waals surface area contributed by atoms with E-state index in [-0.39, 0.29) is 54.3 Å². The van der Waals surface area contributed by atoms with Gasteiger partial charge in [-0.25, -0.2) is 4.98 Å². The van der Waals surface area contributed by atoms with Gasteiger partial charge in [0.05, 0.1) is 34.2 Å². The van der Waals surface area contributed by atoms with E-state index in [4.69, 9.17) is 11.6 Å². The first-order valence-electron chi connectivity index (χ1n) is 8.51. The molecule has 31 heavy (non-hydrogen) atoms. The minimum Gasteiger partial charge on any atom is -1.00 e. The van der Waals surface area contributed by atoms with Crippen LogP contribution in [0.25, 0.3) is 0 Å². The molecule has 2 aromatic carbocycles. The van der Waals surface area contributed by atoms with Crippen molar-refractivity contribution in [2.45, 2.75) is 13.8 Å². The van der Waals surface area contributed by atoms with Gasteiger partial charge in [0.25, 0.3) is 0 Å². The van der Waals surface area contributed by atoms with Crippen molar-refractivity contribution in [3.63, 3.8) is 0 Å². The Morgan fingerprint density at radius 3 is 1.42 bits per heavy atom. The Bertz CT molecular complexity index is 894. The first-order chi connectivity index (χ1) is 13.1. The van der Waals surface area contributed by atoms with Crippen LogP contribution in [0.4, 0.5) is 11.4 Å². The molecule has 0 bridgehead atoms. The molecule has 1 heterocycles. The molecule has 0 aliphatic heterocycles. The van der Waals surface area contributed by atoms with Crippen LogP contribution in [-0.4, -0.2) is 16.4 Å². The van der Waals surface area contributed by atoms with Crippen molar-refractivity contribution >= 4 is 34.4 Å². The van der Waals surface area contributed by atoms with Gasteiger partial charge in [0, 0.05) is 5.02 Å². The number of nitrogens with zero attached hydrogens (tertiary/aromatic N) is 3. The van der Waals surface area contributed by atoms with Crippen molar-refractivity contribution < 1.29 is 54.3 Å². The van der Waals surface area contributed by atoms with Gasteiger partial charge in [-0.3, -0.25) is 10.9 Å². The Morgan fingerprint density at radius 1 is 0.710 bits per heavy atom. The quantitative estimate of drug-likeness (QED) is 0.193. The normalized spacial score (nSPS) is 10.4. The summed E-state index contributed by atoms with van der Waals surface area (Å²) in [6.45, 7) is 3.76. The molecule has 1 radical (unpaired) electrons. The van der Waals surface area contributed by atoms with E-state index in [1.807, 2.05) is 74.5 Å². The predicted molar refractivity (Wildman–Crippen MR) is 114 cm³/mol. The summed E-state index contributed by atoms with van der Waals surface area (Å²) in [6.07, 6.45) is 0. The zero-order chi connectivity index (χ0) is 19.1. The molecule has 0 saturated heterocycles. The number of aromatic nitrogens is 1. The van der Waals surface area contributed by atoms with Gasteiger partial charge in [-0.1, -0.05) is 48.0 Å². The molecule has 3 rings (SSSR count). The number of hydrazone groups is 2. The Balaban J connectivity index is 0. The van der Waals surface area contributed by atoms with E-state index in [1.165, 1.54) is 0 Å². The van der Waals surface area contributed by atoms with Gasteiger partial charge in [0.1, 0.15) is 0 Å². The minimum atomic E-state index is 0. The fourth-order valence-electron chi connectivity index (χ4n) is 2.30. The number of halogens is 4. The van der Waals surface area contributed by atoms with Crippen LogP contribution in [0.15, 0.2) is 83.0 Å². The number of pyridine rings is 1. The maximum Gasteiger partial charge on any atom is 3.00 e. The molecule has 10 heteroatoms. The number of rotatable bonds is 6. The number of benzene rings is 2. The second-order valence-corrected chi connectivity index (χ2v) is 6.34. The maximum absolute atomic E-state index is 6.28. The summed E-state index contributed by atoms with van der Waals surface area (Å²) in [5.74, 6) is 0. The zero-order valence-electron chi connectivity index (χ0n) is 16.6. The second kappa shape index (κ2) is 15.9. The molecule has 5 nitrogen and oxygen atoms in total. The van der Waals surface area contributed by atoms with Crippen molar-refractivity contribution in [2.75, 3.05) is 10.9 Å². The van der Waals surface area contributed by atoms with E-state index < -0.39 is 0 Å². The molecule has 0 atom stereocenters. The van der Waals surface area contributed by atoms with Gasteiger partial charge < -0.3 is 37.2 Å². The van der Waals surface area contributed by atoms with Crippen LogP contribution >= 0.6 is 11.6 Å². The van der Waals surface area contributed by atoms with E-state index in [9.17, 15) is 0 Å². The Labute approximate surface area is 216 Å². The standard InChI is InChI=1S/C21H20ClN5.3ClH.Fe/c1-15(24-26-18-9-5-3-6-10-18)20-13-17(22)14-21(23-20)16(2)25-27-19-11-7-4-8-12-19;;;;/h3-14,26-27H,1-2H3;3*1H;/q;;;;+3/p-3. The van der Waals surface area contributed by atoms with Gasteiger partial charge in [-0.2, -0.15) is 10.2 Å². The predicted octanol–water partition coefficient (Wildman–Crippen LogP) is -3.58. The summed E-state index contributed by atoms with van der Waals surface area (Å²) in [7, 11) is 0. The van der Waals surface area contributed by atoms with Gasteiger partial charge >= 0.3 is 17.1 Å². The summed E-state index contributed by atoms with van der Waals surface area (Å²) in [5, 5.41) is 9.36. The maximum atomic E-state index is 6.28. The second-order valence-electron chi connectivity index (χ2n) is 5.91. The van der Waals surface area contributed by atoms with Gasteiger partial charge in [-0.15, -0.1) is 0 Å². The van der Waals surface area contributed by atoms with Crippen LogP contribution < -0.4 is 48.1 Å². The Hall–Kier alpha value is -1.79. The average Bonchev–Trinajstić information content (AvgIpc) is 2.71. The molecule has 0 saturated carbocycles. The molecule has 1 aromatic heterocycles. The van der Waals surface area contributed by atoms with E-state index in [0.29, 0.717) is 16.4 Å². The Morgan fingerprint density at radius 2 is 1.06 bits per heavy atom. The van der Waals surface area contributed by atoms with Crippen LogP contribution in [0.3, 0.4) is 0 Å². The molecule has 0 aliphatic rings. The van der Waals surface area contributed by atoms with Gasteiger partial charge in [-0.05, 0) is 50.2 Å². The Kier molecular flexibility index (Phi) is 16.1. The smallest absolute Gasteiger partial charge is 1.00 e. The molecule has 0 unspecified atom stereocenters. The van der Waals surface area contributed by atoms with Crippen molar-refractivity contribution in [2.24, 2.45) is 10.2 Å². The van der Waals surface area contributed by atoms with Crippen molar-refractivity contribution in [1.29, 1.82) is 0 Å². The number of hydrogen-bond donors (Lipinski definition) is 2. The van der Waals surface area contributed by atoms with Crippen LogP contribution in [0.5, 0.6) is 0 Å². The molecule has 2 N–H and O–H groups in total. The summed E-state index contributed by atoms with van der Waals surface area (Å²) < 4.78 is 0. The monoisotopic (exact) mass is 538 g/mol. The van der Waals surface area contributed by atoms with Gasteiger partial charge in [0.2, 0.25) is 0 Å². The minimum absolute atomic E-state index is 0. The van der Waals surface area contributed by atoms with Gasteiger partial charge in [0.15, 0.2) is 0 Å². The molecule has 3 aromatic rings. The van der Waals surface area contributed by atoms with Crippen LogP contribution in [0.1, 0.15) is 25.2 Å². The van der Waals surface area contributed by atoms with E-state index in [1.54, 1.807) is 12.1 Å². The molecule has 0 fully saturated rings. The summed E-state index contributed by atoms with van der Waals surface area (Å²) >= 11 is 6.28. The van der Waals surface area contributed by atoms with E-state index in [2.05, 4.69) is 26.0 Å². The number of nitrogens with one attached hydrogen (secondary N) is 2. The third-order valence-electron chi connectivity index (χ3n) is 3.78. The first-order valence-corrected chi connectivity index (χ1v) is 8.88. The van der Waals surface area contributed by atoms with E-state index >= 15 is 0 Å². The molecular weight excluding hydrogens is 520 g/mol. The number of anilines is 2. The zero-order valence-corrected chi connectivity index (χ0v) is 20.8. The fraction of sp³-hybridized carbons (Fsp3) is 0.0952. The van der Waals surface area contributed by atoms with Crippen molar-refractivity contribution in [1.82, 2.24) is 4.98 Å². The average molecular weight is 540 g/mol. The molecular formula is C21H20Cl4FeN5. The third-order valence-corrected chi connectivity index (χ3v) is 4.00. The molecule has 165 valence electrons. The molecule has 0 aliphatic carbocycles. The van der Waals surface area contributed by atoms with Crippen LogP contribution in [-0.2, 0) is 17.1 Å². The summed E-state index contributed by atoms with van der Waals surface area (Å²) in [4.78, 5) is 4.63. The first kappa shape index (κ1) is 31.4. The fourth-order valence-corrected chi connectivity index (χ4v) is 2.51.